The van der Waals surface area contributed by atoms with E-state index in [-0.39, 0.29) is 21.8 Å². The molecule has 1 atom stereocenters. The number of rotatable bonds is 8. The van der Waals surface area contributed by atoms with Crippen LogP contribution >= 0.6 is 41.3 Å². The molecule has 25 heteroatoms. The molecule has 0 radical (unpaired) electrons. The molecular formula is C44H23F18O2PS4. The van der Waals surface area contributed by atoms with Gasteiger partial charge < -0.3 is 0 Å². The average molecular weight is 1080 g/mol. The van der Waals surface area contributed by atoms with E-state index in [0.29, 0.717) is 0 Å². The van der Waals surface area contributed by atoms with Gasteiger partial charge in [-0.2, -0.15) is 0 Å². The quantitative estimate of drug-likeness (QED) is 0.0658. The molecule has 69 heavy (non-hydrogen) atoms. The van der Waals surface area contributed by atoms with E-state index in [2.05, 4.69) is 78.9 Å². The third-order valence-electron chi connectivity index (χ3n) is 10.4. The van der Waals surface area contributed by atoms with Crippen molar-refractivity contribution in [2.45, 2.75) is 60.0 Å². The summed E-state index contributed by atoms with van der Waals surface area (Å²) < 4.78 is 226. The second-order valence-electron chi connectivity index (χ2n) is 14.8. The summed E-state index contributed by atoms with van der Waals surface area (Å²) in [6.45, 7) is -15.0. The van der Waals surface area contributed by atoms with Gasteiger partial charge in [-0.05, 0) is 91.0 Å². The topological polar surface area (TPSA) is 34.1 Å². The van der Waals surface area contributed by atoms with E-state index in [0.717, 1.165) is 55.0 Å². The average Bonchev–Trinajstić information content (AvgIpc) is 3.27. The van der Waals surface area contributed by atoms with E-state index in [1.807, 2.05) is 60.7 Å². The van der Waals surface area contributed by atoms with Gasteiger partial charge in [0, 0.05) is 56.2 Å². The molecule has 8 rings (SSSR count). The van der Waals surface area contributed by atoms with Gasteiger partial charge in [0.15, 0.2) is 25.5 Å². The maximum atomic E-state index is 13.5. The summed E-state index contributed by atoms with van der Waals surface area (Å²) in [6.07, 6.45) is -26.1. The van der Waals surface area contributed by atoms with Crippen molar-refractivity contribution in [2.24, 2.45) is 0 Å². The number of hydrogen-bond donors (Lipinski definition) is 0. The molecule has 0 fully saturated rings. The number of alkyl halides is 15. The molecule has 0 amide bonds. The predicted octanol–water partition coefficient (Wildman–Crippen LogP) is 17.6. The van der Waals surface area contributed by atoms with Gasteiger partial charge in [-0.15, -0.1) is 22.7 Å². The van der Waals surface area contributed by atoms with Gasteiger partial charge in [-0.3, -0.25) is 9.59 Å². The maximum absolute atomic E-state index is 15.0. The molecule has 1 unspecified atom stereocenters. The van der Waals surface area contributed by atoms with E-state index in [9.17, 15) is 88.0 Å². The van der Waals surface area contributed by atoms with E-state index < -0.39 is 42.4 Å². The summed E-state index contributed by atoms with van der Waals surface area (Å²) in [6, 6.07) is 47.4. The Bertz CT molecular complexity index is 3320. The van der Waals surface area contributed by atoms with Crippen LogP contribution in [0.3, 0.4) is 0 Å². The van der Waals surface area contributed by atoms with Crippen LogP contribution in [0.1, 0.15) is 0 Å². The third-order valence-corrected chi connectivity index (χ3v) is 20.3. The zero-order chi connectivity index (χ0) is 51.0. The van der Waals surface area contributed by atoms with E-state index >= 15 is 0 Å². The fraction of sp³-hybridized carbons (Fsp3) is 0.136. The summed E-state index contributed by atoms with van der Waals surface area (Å²) in [5, 5.41) is 3.09. The number of halogens is 18. The molecule has 6 aromatic carbocycles. The standard InChI is InChI=1S/C38H23O2S4.C6F18P/c39-37-29-10-4-6-12-33(29)42-35-20-16-25(22-31(35)37)41-24-14-17-27(18-15-24)44(26-8-2-1-3-9-26)28-19-21-36-32(23-28)38(40)30-11-5-7-13-34(30)43-36;7-1(8,9)4(16,17)25(22,23,24,5(18,19)2(10,11)12)6(20,21)3(13,14)15/h1-23H;/q+1;-1. The fourth-order valence-corrected chi connectivity index (χ4v) is 14.6. The van der Waals surface area contributed by atoms with Crippen LogP contribution in [0.5, 0.6) is 0 Å². The van der Waals surface area contributed by atoms with Gasteiger partial charge >= 0.3 is 121 Å². The molecule has 0 spiro atoms. The molecule has 0 aliphatic carbocycles. The van der Waals surface area contributed by atoms with E-state index in [1.54, 1.807) is 34.4 Å². The Hall–Kier alpha value is -5.03. The number of fused-ring (bicyclic) bond motifs is 4. The van der Waals surface area contributed by atoms with E-state index in [1.165, 1.54) is 9.79 Å². The summed E-state index contributed by atoms with van der Waals surface area (Å²) in [7, 11) is -0.386. The fourth-order valence-electron chi connectivity index (χ4n) is 6.84. The Balaban J connectivity index is 0.000000242. The summed E-state index contributed by atoms with van der Waals surface area (Å²) in [5.41, 5.74) is -29.1. The Morgan fingerprint density at radius 2 is 0.725 bits per heavy atom. The Morgan fingerprint density at radius 1 is 0.377 bits per heavy atom. The van der Waals surface area contributed by atoms with Crippen LogP contribution in [-0.2, 0) is 10.9 Å². The van der Waals surface area contributed by atoms with Gasteiger partial charge in [-0.1, -0.05) is 54.2 Å². The summed E-state index contributed by atoms with van der Waals surface area (Å²) in [4.78, 5) is 32.4. The predicted molar refractivity (Wildman–Crippen MR) is 234 cm³/mol. The van der Waals surface area contributed by atoms with Gasteiger partial charge in [0.1, 0.15) is 0 Å². The van der Waals surface area contributed by atoms with E-state index in [4.69, 9.17) is 0 Å². The number of hydrogen-bond acceptors (Lipinski definition) is 5. The molecule has 0 aliphatic rings. The first-order chi connectivity index (χ1) is 31.7. The maximum Gasteiger partial charge on any atom is 0.196 e. The molecule has 0 saturated carbocycles. The van der Waals surface area contributed by atoms with Crippen LogP contribution in [-0.4, -0.2) is 35.5 Å². The molecule has 366 valence electrons. The first kappa shape index (κ1) is 51.8. The molecular weight excluding hydrogens is 1060 g/mol. The molecule has 2 heterocycles. The first-order valence-electron chi connectivity index (χ1n) is 18.9. The summed E-state index contributed by atoms with van der Waals surface area (Å²) in [5.74, 6) is 0. The third kappa shape index (κ3) is 7.82. The van der Waals surface area contributed by atoms with Crippen molar-refractivity contribution >= 4 is 92.6 Å². The van der Waals surface area contributed by atoms with Crippen LogP contribution in [0, 0.1) is 0 Å². The molecule has 2 nitrogen and oxygen atoms in total. The first-order valence-corrected chi connectivity index (χ1v) is 24.9. The zero-order valence-electron chi connectivity index (χ0n) is 33.5. The van der Waals surface area contributed by atoms with Crippen molar-refractivity contribution in [1.82, 2.24) is 0 Å². The van der Waals surface area contributed by atoms with Crippen molar-refractivity contribution in [3.05, 3.63) is 160 Å². The van der Waals surface area contributed by atoms with Crippen molar-refractivity contribution < 1.29 is 78.4 Å². The minimum atomic E-state index is -15.0. The molecule has 2 aromatic heterocycles. The van der Waals surface area contributed by atoms with Gasteiger partial charge in [0.05, 0.1) is 10.9 Å². The molecule has 0 aliphatic heterocycles. The number of benzene rings is 6. The zero-order valence-corrected chi connectivity index (χ0v) is 37.6. The smallest absolute Gasteiger partial charge is 0.196 e. The minimum absolute atomic E-state index is 0.0875. The Labute approximate surface area is 389 Å². The minimum Gasteiger partial charge on any atom is -0.289 e. The van der Waals surface area contributed by atoms with Crippen LogP contribution in [0.25, 0.3) is 40.3 Å². The van der Waals surface area contributed by atoms with Crippen LogP contribution in [0.15, 0.2) is 174 Å². The largest absolute Gasteiger partial charge is 0.289 e. The Morgan fingerprint density at radius 3 is 1.17 bits per heavy atom. The van der Waals surface area contributed by atoms with Crippen molar-refractivity contribution in [1.29, 1.82) is 0 Å². The second-order valence-corrected chi connectivity index (χ2v) is 24.4. The van der Waals surface area contributed by atoms with Crippen LogP contribution in [0.4, 0.5) is 78.4 Å². The normalized spacial score (nSPS) is 14.9. The SMILES string of the molecule is FC(F)(F)C(F)(F)[P-](F)(F)(F)(C(F)(F)C(F)(F)F)C(F)(F)C(F)(F)F.O=c1c2ccccc2sc2ccc(Sc3ccc([S+](c4ccccc4)c4ccc5sc6ccccc6c(=O)c5c4)cc3)cc12. The Kier molecular flexibility index (Phi) is 12.6. The van der Waals surface area contributed by atoms with Crippen molar-refractivity contribution in [3.63, 3.8) is 0 Å². The monoisotopic (exact) mass is 1080 g/mol. The molecule has 8 aromatic rings. The van der Waals surface area contributed by atoms with Crippen LogP contribution in [0.2, 0.25) is 0 Å². The van der Waals surface area contributed by atoms with Crippen molar-refractivity contribution in [2.75, 3.05) is 0 Å². The summed E-state index contributed by atoms with van der Waals surface area (Å²) >= 11 is 4.98. The van der Waals surface area contributed by atoms with Gasteiger partial charge in [0.2, 0.25) is 0 Å². The van der Waals surface area contributed by atoms with Crippen molar-refractivity contribution in [3.8, 4) is 0 Å². The molecule has 0 saturated heterocycles. The van der Waals surface area contributed by atoms with Gasteiger partial charge in [0.25, 0.3) is 0 Å². The molecule has 0 bridgehead atoms. The molecule has 0 N–H and O–H groups in total. The second kappa shape index (κ2) is 16.8. The van der Waals surface area contributed by atoms with Gasteiger partial charge in [-0.25, -0.2) is 0 Å². The van der Waals surface area contributed by atoms with Crippen LogP contribution < -0.4 is 10.9 Å².